The van der Waals surface area contributed by atoms with Gasteiger partial charge in [-0.05, 0) is 30.5 Å². The fraction of sp³-hybridized carbons (Fsp3) is 0.562. The highest BCUT2D eigenvalue weighted by molar-refractivity contribution is 5.92. The van der Waals surface area contributed by atoms with Crippen LogP contribution in [-0.4, -0.2) is 32.3 Å². The molecule has 0 heterocycles. The molecule has 1 aromatic carbocycles. The summed E-state index contributed by atoms with van der Waals surface area (Å²) in [6.45, 7) is 8.33. The summed E-state index contributed by atoms with van der Waals surface area (Å²) in [6.07, 6.45) is 0.318. The van der Waals surface area contributed by atoms with Gasteiger partial charge >= 0.3 is 0 Å². The van der Waals surface area contributed by atoms with Gasteiger partial charge in [0.05, 0.1) is 26.2 Å². The summed E-state index contributed by atoms with van der Waals surface area (Å²) in [5.74, 6) is 0.448. The molecule has 118 valence electrons. The lowest BCUT2D eigenvalue weighted by atomic mass is 10.2. The van der Waals surface area contributed by atoms with Gasteiger partial charge in [0.2, 0.25) is 5.91 Å². The number of hydrogen-bond acceptors (Lipinski definition) is 4. The minimum absolute atomic E-state index is 0.0770. The Kier molecular flexibility index (Phi) is 7.79. The zero-order chi connectivity index (χ0) is 15.7. The Hall–Kier alpha value is -1.59. The fourth-order valence-corrected chi connectivity index (χ4v) is 1.69. The van der Waals surface area contributed by atoms with E-state index in [-0.39, 0.29) is 5.91 Å². The van der Waals surface area contributed by atoms with Gasteiger partial charge in [-0.1, -0.05) is 19.9 Å². The number of hydrogen-bond donors (Lipinski definition) is 2. The van der Waals surface area contributed by atoms with Crippen molar-refractivity contribution < 1.29 is 14.3 Å². The highest BCUT2D eigenvalue weighted by Crippen LogP contribution is 2.18. The summed E-state index contributed by atoms with van der Waals surface area (Å²) in [6, 6.07) is 5.45. The van der Waals surface area contributed by atoms with Crippen molar-refractivity contribution in [3.8, 4) is 0 Å². The standard InChI is InChI=1S/C16H26N2O3/c1-12(2)11-21-9-8-20-7-6-16(19)18-15-10-14(17)5-4-13(15)3/h4-5,10,12H,6-9,11,17H2,1-3H3,(H,18,19). The molecule has 0 bridgehead atoms. The summed E-state index contributed by atoms with van der Waals surface area (Å²) in [5.41, 5.74) is 8.07. The summed E-state index contributed by atoms with van der Waals surface area (Å²) in [4.78, 5) is 11.8. The number of carbonyl (C=O) groups excluding carboxylic acids is 1. The Morgan fingerprint density at radius 3 is 2.67 bits per heavy atom. The topological polar surface area (TPSA) is 73.6 Å². The van der Waals surface area contributed by atoms with E-state index < -0.39 is 0 Å². The van der Waals surface area contributed by atoms with E-state index in [1.165, 1.54) is 0 Å². The van der Waals surface area contributed by atoms with E-state index in [1.54, 1.807) is 6.07 Å². The lowest BCUT2D eigenvalue weighted by Crippen LogP contribution is -2.16. The minimum Gasteiger partial charge on any atom is -0.399 e. The van der Waals surface area contributed by atoms with Crippen LogP contribution in [0.2, 0.25) is 0 Å². The minimum atomic E-state index is -0.0770. The third-order valence-electron chi connectivity index (χ3n) is 2.83. The molecule has 0 spiro atoms. The van der Waals surface area contributed by atoms with Crippen molar-refractivity contribution in [1.29, 1.82) is 0 Å². The van der Waals surface area contributed by atoms with Gasteiger partial charge in [-0.25, -0.2) is 0 Å². The third kappa shape index (κ3) is 7.68. The second kappa shape index (κ2) is 9.37. The van der Waals surface area contributed by atoms with E-state index in [0.717, 1.165) is 17.9 Å². The molecule has 0 aliphatic carbocycles. The van der Waals surface area contributed by atoms with E-state index in [2.05, 4.69) is 19.2 Å². The van der Waals surface area contributed by atoms with E-state index in [4.69, 9.17) is 15.2 Å². The highest BCUT2D eigenvalue weighted by atomic mass is 16.5. The molecule has 0 fully saturated rings. The van der Waals surface area contributed by atoms with Crippen LogP contribution in [0, 0.1) is 12.8 Å². The average molecular weight is 294 g/mol. The molecule has 0 unspecified atom stereocenters. The van der Waals surface area contributed by atoms with Gasteiger partial charge in [0.15, 0.2) is 0 Å². The second-order valence-electron chi connectivity index (χ2n) is 5.45. The van der Waals surface area contributed by atoms with Crippen LogP contribution in [0.15, 0.2) is 18.2 Å². The first-order chi connectivity index (χ1) is 9.99. The molecule has 5 heteroatoms. The highest BCUT2D eigenvalue weighted by Gasteiger charge is 2.05. The Morgan fingerprint density at radius 2 is 1.95 bits per heavy atom. The number of nitrogen functional groups attached to an aromatic ring is 1. The smallest absolute Gasteiger partial charge is 0.226 e. The first-order valence-corrected chi connectivity index (χ1v) is 7.30. The van der Waals surface area contributed by atoms with E-state index in [9.17, 15) is 4.79 Å². The van der Waals surface area contributed by atoms with Crippen molar-refractivity contribution in [3.05, 3.63) is 23.8 Å². The second-order valence-corrected chi connectivity index (χ2v) is 5.45. The van der Waals surface area contributed by atoms with Crippen molar-refractivity contribution in [3.63, 3.8) is 0 Å². The van der Waals surface area contributed by atoms with Gasteiger partial charge in [-0.2, -0.15) is 0 Å². The van der Waals surface area contributed by atoms with Crippen LogP contribution in [0.1, 0.15) is 25.8 Å². The number of benzene rings is 1. The normalized spacial score (nSPS) is 10.9. The molecule has 1 rings (SSSR count). The van der Waals surface area contributed by atoms with Crippen LogP contribution >= 0.6 is 0 Å². The first kappa shape index (κ1) is 17.5. The molecule has 3 N–H and O–H groups in total. The number of amides is 1. The largest absolute Gasteiger partial charge is 0.399 e. The van der Waals surface area contributed by atoms with Crippen molar-refractivity contribution >= 4 is 17.3 Å². The maximum atomic E-state index is 11.8. The molecule has 21 heavy (non-hydrogen) atoms. The monoisotopic (exact) mass is 294 g/mol. The average Bonchev–Trinajstić information content (AvgIpc) is 2.41. The van der Waals surface area contributed by atoms with Gasteiger partial charge in [-0.15, -0.1) is 0 Å². The van der Waals surface area contributed by atoms with E-state index in [1.807, 2.05) is 19.1 Å². The molecule has 0 saturated heterocycles. The molecule has 5 nitrogen and oxygen atoms in total. The summed E-state index contributed by atoms with van der Waals surface area (Å²) in [5, 5.41) is 2.84. The Bertz CT molecular complexity index is 447. The fourth-order valence-electron chi connectivity index (χ4n) is 1.69. The Morgan fingerprint density at radius 1 is 1.24 bits per heavy atom. The van der Waals surface area contributed by atoms with Crippen LogP contribution in [0.5, 0.6) is 0 Å². The quantitative estimate of drug-likeness (QED) is 0.542. The van der Waals surface area contributed by atoms with Gasteiger partial charge in [-0.3, -0.25) is 4.79 Å². The molecular formula is C16H26N2O3. The molecule has 0 aliphatic heterocycles. The Balaban J connectivity index is 2.15. The van der Waals surface area contributed by atoms with E-state index >= 15 is 0 Å². The number of nitrogens with two attached hydrogens (primary N) is 1. The number of nitrogens with one attached hydrogen (secondary N) is 1. The van der Waals surface area contributed by atoms with Crippen LogP contribution in [0.25, 0.3) is 0 Å². The number of anilines is 2. The zero-order valence-corrected chi connectivity index (χ0v) is 13.1. The molecule has 0 aromatic heterocycles. The van der Waals surface area contributed by atoms with Crippen molar-refractivity contribution in [2.75, 3.05) is 37.5 Å². The molecule has 0 atom stereocenters. The van der Waals surface area contributed by atoms with Crippen molar-refractivity contribution in [1.82, 2.24) is 0 Å². The predicted octanol–water partition coefficient (Wildman–Crippen LogP) is 2.60. The third-order valence-corrected chi connectivity index (χ3v) is 2.83. The number of rotatable bonds is 9. The van der Waals surface area contributed by atoms with Crippen LogP contribution in [0.3, 0.4) is 0 Å². The number of aryl methyl sites for hydroxylation is 1. The van der Waals surface area contributed by atoms with E-state index in [0.29, 0.717) is 37.8 Å². The van der Waals surface area contributed by atoms with Gasteiger partial charge < -0.3 is 20.5 Å². The van der Waals surface area contributed by atoms with Crippen LogP contribution in [-0.2, 0) is 14.3 Å². The summed E-state index contributed by atoms with van der Waals surface area (Å²) < 4.78 is 10.8. The van der Waals surface area contributed by atoms with Crippen molar-refractivity contribution in [2.45, 2.75) is 27.2 Å². The number of carbonyl (C=O) groups is 1. The lowest BCUT2D eigenvalue weighted by Gasteiger charge is -2.10. The molecule has 0 aliphatic rings. The predicted molar refractivity (Wildman–Crippen MR) is 85.3 cm³/mol. The van der Waals surface area contributed by atoms with Gasteiger partial charge in [0, 0.05) is 18.0 Å². The molecule has 0 saturated carbocycles. The summed E-state index contributed by atoms with van der Waals surface area (Å²) in [7, 11) is 0. The molecule has 0 radical (unpaired) electrons. The van der Waals surface area contributed by atoms with Crippen molar-refractivity contribution in [2.24, 2.45) is 5.92 Å². The van der Waals surface area contributed by atoms with Crippen LogP contribution < -0.4 is 11.1 Å². The maximum Gasteiger partial charge on any atom is 0.226 e. The lowest BCUT2D eigenvalue weighted by molar-refractivity contribution is -0.117. The zero-order valence-electron chi connectivity index (χ0n) is 13.1. The molecule has 1 amide bonds. The maximum absolute atomic E-state index is 11.8. The van der Waals surface area contributed by atoms with Crippen LogP contribution in [0.4, 0.5) is 11.4 Å². The molecule has 1 aromatic rings. The first-order valence-electron chi connectivity index (χ1n) is 7.30. The van der Waals surface area contributed by atoms with Gasteiger partial charge in [0.1, 0.15) is 0 Å². The molecular weight excluding hydrogens is 268 g/mol. The van der Waals surface area contributed by atoms with Gasteiger partial charge in [0.25, 0.3) is 0 Å². The Labute approximate surface area is 126 Å². The SMILES string of the molecule is Cc1ccc(N)cc1NC(=O)CCOCCOCC(C)C. The number of ether oxygens (including phenoxy) is 2. The summed E-state index contributed by atoms with van der Waals surface area (Å²) >= 11 is 0.